The number of hydrogen-bond donors (Lipinski definition) is 2. The maximum Gasteiger partial charge on any atom is 0.103 e. The standard InChI is InChI=1S/C14H25N5/c1-5-8-14(18-7-3)19-11-13(17-6-2)12(9-15)10-16-4/h5,9-11,14,18H,1,6-8,15H2,2-4H3. The van der Waals surface area contributed by atoms with Gasteiger partial charge in [-0.15, -0.1) is 6.58 Å². The Morgan fingerprint density at radius 1 is 1.37 bits per heavy atom. The molecule has 0 bridgehead atoms. The molecular formula is C14H25N5. The van der Waals surface area contributed by atoms with E-state index in [1.807, 2.05) is 19.9 Å². The van der Waals surface area contributed by atoms with Gasteiger partial charge in [0.25, 0.3) is 0 Å². The van der Waals surface area contributed by atoms with Crippen molar-refractivity contribution in [2.45, 2.75) is 26.4 Å². The quantitative estimate of drug-likeness (QED) is 0.489. The van der Waals surface area contributed by atoms with Gasteiger partial charge in [-0.1, -0.05) is 13.0 Å². The first-order chi connectivity index (χ1) is 9.23. The van der Waals surface area contributed by atoms with Crippen LogP contribution in [0.3, 0.4) is 0 Å². The minimum atomic E-state index is 0.0159. The molecule has 5 nitrogen and oxygen atoms in total. The Hall–Kier alpha value is -1.75. The highest BCUT2D eigenvalue weighted by Crippen LogP contribution is 1.97. The smallest absolute Gasteiger partial charge is 0.103 e. The molecule has 19 heavy (non-hydrogen) atoms. The second kappa shape index (κ2) is 11.3. The molecule has 0 aliphatic heterocycles. The Morgan fingerprint density at radius 3 is 2.58 bits per heavy atom. The molecule has 0 fully saturated rings. The van der Waals surface area contributed by atoms with E-state index in [0.29, 0.717) is 6.54 Å². The second-order valence-corrected chi connectivity index (χ2v) is 3.74. The van der Waals surface area contributed by atoms with Crippen molar-refractivity contribution in [1.82, 2.24) is 5.32 Å². The zero-order chi connectivity index (χ0) is 14.5. The van der Waals surface area contributed by atoms with Gasteiger partial charge in [0.2, 0.25) is 0 Å². The Labute approximate surface area is 116 Å². The Kier molecular flexibility index (Phi) is 10.3. The SMILES string of the molecule is C=CCC(N=CC(=NCC)C(C=NC)=CN)NCC. The third-order valence-electron chi connectivity index (χ3n) is 2.28. The minimum absolute atomic E-state index is 0.0159. The van der Waals surface area contributed by atoms with Crippen molar-refractivity contribution in [1.29, 1.82) is 0 Å². The molecule has 3 N–H and O–H groups in total. The molecule has 5 heteroatoms. The number of nitrogens with one attached hydrogen (secondary N) is 1. The number of nitrogens with zero attached hydrogens (tertiary/aromatic N) is 3. The molecule has 0 aliphatic carbocycles. The van der Waals surface area contributed by atoms with Crippen LogP contribution < -0.4 is 11.1 Å². The van der Waals surface area contributed by atoms with Crippen molar-refractivity contribution in [2.24, 2.45) is 20.7 Å². The monoisotopic (exact) mass is 263 g/mol. The molecule has 1 unspecified atom stereocenters. The largest absolute Gasteiger partial charge is 0.404 e. The van der Waals surface area contributed by atoms with Crippen LogP contribution in [-0.2, 0) is 0 Å². The van der Waals surface area contributed by atoms with E-state index in [2.05, 4.69) is 26.9 Å². The van der Waals surface area contributed by atoms with Crippen LogP contribution >= 0.6 is 0 Å². The lowest BCUT2D eigenvalue weighted by molar-refractivity contribution is 0.556. The van der Waals surface area contributed by atoms with Gasteiger partial charge in [-0.05, 0) is 13.5 Å². The summed E-state index contributed by atoms with van der Waals surface area (Å²) in [4.78, 5) is 12.8. The lowest BCUT2D eigenvalue weighted by Crippen LogP contribution is -2.27. The first kappa shape index (κ1) is 17.2. The Balaban J connectivity index is 5.00. The third kappa shape index (κ3) is 7.31. The molecule has 0 aromatic carbocycles. The average molecular weight is 263 g/mol. The van der Waals surface area contributed by atoms with Crippen LogP contribution in [0.4, 0.5) is 0 Å². The molecule has 0 aromatic rings. The Bertz CT molecular complexity index is 366. The summed E-state index contributed by atoms with van der Waals surface area (Å²) in [5, 5.41) is 3.26. The van der Waals surface area contributed by atoms with Gasteiger partial charge in [-0.25, -0.2) is 0 Å². The van der Waals surface area contributed by atoms with Crippen LogP contribution in [0.1, 0.15) is 20.3 Å². The zero-order valence-electron chi connectivity index (χ0n) is 12.1. The van der Waals surface area contributed by atoms with E-state index in [-0.39, 0.29) is 6.17 Å². The molecule has 0 aliphatic rings. The van der Waals surface area contributed by atoms with Crippen LogP contribution in [0.25, 0.3) is 0 Å². The van der Waals surface area contributed by atoms with Gasteiger partial charge in [-0.3, -0.25) is 20.3 Å². The van der Waals surface area contributed by atoms with Gasteiger partial charge in [0.15, 0.2) is 0 Å². The second-order valence-electron chi connectivity index (χ2n) is 3.74. The summed E-state index contributed by atoms with van der Waals surface area (Å²) in [5.74, 6) is 0. The molecule has 0 rings (SSSR count). The van der Waals surface area contributed by atoms with E-state index < -0.39 is 0 Å². The van der Waals surface area contributed by atoms with Gasteiger partial charge in [0.05, 0.1) is 5.71 Å². The van der Waals surface area contributed by atoms with Crippen molar-refractivity contribution in [3.63, 3.8) is 0 Å². The van der Waals surface area contributed by atoms with Crippen molar-refractivity contribution in [3.8, 4) is 0 Å². The number of nitrogens with two attached hydrogens (primary N) is 1. The maximum atomic E-state index is 5.59. The Morgan fingerprint density at radius 2 is 2.11 bits per heavy atom. The molecular weight excluding hydrogens is 238 g/mol. The lowest BCUT2D eigenvalue weighted by atomic mass is 10.2. The van der Waals surface area contributed by atoms with Crippen LogP contribution in [0, 0.1) is 0 Å². The molecule has 0 saturated heterocycles. The van der Waals surface area contributed by atoms with Crippen molar-refractivity contribution in [2.75, 3.05) is 20.1 Å². The van der Waals surface area contributed by atoms with Gasteiger partial charge in [-0.2, -0.15) is 0 Å². The van der Waals surface area contributed by atoms with Gasteiger partial charge in [0, 0.05) is 44.2 Å². The lowest BCUT2D eigenvalue weighted by Gasteiger charge is -2.10. The average Bonchev–Trinajstić information content (AvgIpc) is 2.41. The summed E-state index contributed by atoms with van der Waals surface area (Å²) in [5.41, 5.74) is 7.09. The van der Waals surface area contributed by atoms with Gasteiger partial charge in [0.1, 0.15) is 6.17 Å². The van der Waals surface area contributed by atoms with E-state index in [9.17, 15) is 0 Å². The third-order valence-corrected chi connectivity index (χ3v) is 2.28. The normalized spacial score (nSPS) is 15.3. The first-order valence-corrected chi connectivity index (χ1v) is 6.49. The number of aliphatic imine (C=N–C) groups is 3. The highest BCUT2D eigenvalue weighted by Gasteiger charge is 2.04. The van der Waals surface area contributed by atoms with Crippen molar-refractivity contribution in [3.05, 3.63) is 24.4 Å². The number of rotatable bonds is 9. The van der Waals surface area contributed by atoms with E-state index in [4.69, 9.17) is 5.73 Å². The van der Waals surface area contributed by atoms with Gasteiger partial charge >= 0.3 is 0 Å². The molecule has 1 atom stereocenters. The van der Waals surface area contributed by atoms with Crippen LogP contribution in [0.15, 0.2) is 39.4 Å². The van der Waals surface area contributed by atoms with Crippen molar-refractivity contribution < 1.29 is 0 Å². The van der Waals surface area contributed by atoms with Crippen molar-refractivity contribution >= 4 is 18.1 Å². The topological polar surface area (TPSA) is 75.1 Å². The summed E-state index contributed by atoms with van der Waals surface area (Å²) >= 11 is 0. The van der Waals surface area contributed by atoms with Crippen LogP contribution in [-0.4, -0.2) is 44.4 Å². The van der Waals surface area contributed by atoms with E-state index >= 15 is 0 Å². The molecule has 0 spiro atoms. The first-order valence-electron chi connectivity index (χ1n) is 6.49. The molecule has 0 radical (unpaired) electrons. The summed E-state index contributed by atoms with van der Waals surface area (Å²) in [6, 6.07) is 0. The minimum Gasteiger partial charge on any atom is -0.404 e. The summed E-state index contributed by atoms with van der Waals surface area (Å²) < 4.78 is 0. The summed E-state index contributed by atoms with van der Waals surface area (Å²) in [6.07, 6.45) is 7.53. The molecule has 0 heterocycles. The highest BCUT2D eigenvalue weighted by molar-refractivity contribution is 6.43. The molecule has 0 amide bonds. The van der Waals surface area contributed by atoms with Gasteiger partial charge < -0.3 is 5.73 Å². The summed E-state index contributed by atoms with van der Waals surface area (Å²) in [7, 11) is 1.70. The zero-order valence-corrected chi connectivity index (χ0v) is 12.1. The highest BCUT2D eigenvalue weighted by atomic mass is 15.1. The van der Waals surface area contributed by atoms with E-state index in [1.165, 1.54) is 6.20 Å². The molecule has 106 valence electrons. The van der Waals surface area contributed by atoms with E-state index in [1.54, 1.807) is 19.5 Å². The number of allylic oxidation sites excluding steroid dienone is 1. The molecule has 0 aromatic heterocycles. The fourth-order valence-electron chi connectivity index (χ4n) is 1.46. The number of hydrogen-bond acceptors (Lipinski definition) is 5. The fraction of sp³-hybridized carbons (Fsp3) is 0.500. The molecule has 0 saturated carbocycles. The fourth-order valence-corrected chi connectivity index (χ4v) is 1.46. The van der Waals surface area contributed by atoms with Crippen LogP contribution in [0.5, 0.6) is 0 Å². The maximum absolute atomic E-state index is 5.59. The predicted octanol–water partition coefficient (Wildman–Crippen LogP) is 1.57. The predicted molar refractivity (Wildman–Crippen MR) is 85.4 cm³/mol. The van der Waals surface area contributed by atoms with E-state index in [0.717, 1.165) is 24.3 Å². The summed E-state index contributed by atoms with van der Waals surface area (Å²) in [6.45, 7) is 9.27. The van der Waals surface area contributed by atoms with Crippen LogP contribution in [0.2, 0.25) is 0 Å².